The third-order valence-electron chi connectivity index (χ3n) is 4.37. The quantitative estimate of drug-likeness (QED) is 0.797. The molecule has 2 rings (SSSR count). The number of hydrogen-bond donors (Lipinski definition) is 0. The highest BCUT2D eigenvalue weighted by Crippen LogP contribution is 2.23. The summed E-state index contributed by atoms with van der Waals surface area (Å²) >= 11 is 0. The summed E-state index contributed by atoms with van der Waals surface area (Å²) in [6, 6.07) is 6.99. The molecule has 0 bridgehead atoms. The van der Waals surface area contributed by atoms with Crippen molar-refractivity contribution in [2.75, 3.05) is 32.4 Å². The van der Waals surface area contributed by atoms with Gasteiger partial charge in [0.25, 0.3) is 0 Å². The SMILES string of the molecule is CCC(C)c1ccc(S(=O)(=O)N2CCN(S(C)(=O)=O)CC2)cc1. The molecule has 130 valence electrons. The van der Waals surface area contributed by atoms with E-state index in [1.807, 2.05) is 12.1 Å². The maximum Gasteiger partial charge on any atom is 0.243 e. The van der Waals surface area contributed by atoms with E-state index in [4.69, 9.17) is 0 Å². The van der Waals surface area contributed by atoms with Gasteiger partial charge < -0.3 is 0 Å². The van der Waals surface area contributed by atoms with Gasteiger partial charge in [0, 0.05) is 26.2 Å². The Hall–Kier alpha value is -0.960. The lowest BCUT2D eigenvalue weighted by molar-refractivity contribution is 0.274. The lowest BCUT2D eigenvalue weighted by Gasteiger charge is -2.32. The van der Waals surface area contributed by atoms with E-state index in [2.05, 4.69) is 13.8 Å². The Morgan fingerprint density at radius 2 is 1.43 bits per heavy atom. The lowest BCUT2D eigenvalue weighted by Crippen LogP contribution is -2.50. The number of sulfonamides is 2. The van der Waals surface area contributed by atoms with E-state index in [0.29, 0.717) is 5.92 Å². The van der Waals surface area contributed by atoms with Crippen molar-refractivity contribution in [1.29, 1.82) is 0 Å². The van der Waals surface area contributed by atoms with Gasteiger partial charge in [-0.25, -0.2) is 16.8 Å². The zero-order chi connectivity index (χ0) is 17.3. The monoisotopic (exact) mass is 360 g/mol. The minimum atomic E-state index is -3.57. The fourth-order valence-electron chi connectivity index (χ4n) is 2.59. The standard InChI is InChI=1S/C15H24N2O4S2/c1-4-13(2)14-5-7-15(8-6-14)23(20,21)17-11-9-16(10-12-17)22(3,18)19/h5-8,13H,4,9-12H2,1-3H3. The second kappa shape index (κ2) is 6.88. The molecule has 0 N–H and O–H groups in total. The Labute approximate surface area is 139 Å². The Kier molecular flexibility index (Phi) is 5.50. The highest BCUT2D eigenvalue weighted by molar-refractivity contribution is 7.89. The van der Waals surface area contributed by atoms with E-state index in [0.717, 1.165) is 18.2 Å². The van der Waals surface area contributed by atoms with Crippen molar-refractivity contribution >= 4 is 20.0 Å². The lowest BCUT2D eigenvalue weighted by atomic mass is 9.99. The van der Waals surface area contributed by atoms with Gasteiger partial charge in [0.05, 0.1) is 11.2 Å². The predicted octanol–water partition coefficient (Wildman–Crippen LogP) is 1.47. The first kappa shape index (κ1) is 18.4. The molecule has 0 spiro atoms. The van der Waals surface area contributed by atoms with E-state index >= 15 is 0 Å². The predicted molar refractivity (Wildman–Crippen MR) is 90.3 cm³/mol. The summed E-state index contributed by atoms with van der Waals surface area (Å²) in [5.41, 5.74) is 1.12. The van der Waals surface area contributed by atoms with Gasteiger partial charge in [-0.1, -0.05) is 26.0 Å². The van der Waals surface area contributed by atoms with Gasteiger partial charge >= 0.3 is 0 Å². The Morgan fingerprint density at radius 3 is 1.87 bits per heavy atom. The summed E-state index contributed by atoms with van der Waals surface area (Å²) in [7, 11) is -6.83. The van der Waals surface area contributed by atoms with Gasteiger partial charge in [-0.3, -0.25) is 0 Å². The van der Waals surface area contributed by atoms with Crippen molar-refractivity contribution in [3.05, 3.63) is 29.8 Å². The van der Waals surface area contributed by atoms with E-state index in [1.54, 1.807) is 12.1 Å². The van der Waals surface area contributed by atoms with Gasteiger partial charge in [0.1, 0.15) is 0 Å². The summed E-state index contributed by atoms with van der Waals surface area (Å²) in [4.78, 5) is 0.261. The average molecular weight is 361 g/mol. The summed E-state index contributed by atoms with van der Waals surface area (Å²) < 4.78 is 51.0. The van der Waals surface area contributed by atoms with Gasteiger partial charge in [0.15, 0.2) is 0 Å². The number of nitrogens with zero attached hydrogens (tertiary/aromatic N) is 2. The van der Waals surface area contributed by atoms with Crippen LogP contribution in [0.3, 0.4) is 0 Å². The molecular formula is C15H24N2O4S2. The molecule has 1 heterocycles. The topological polar surface area (TPSA) is 74.8 Å². The molecule has 1 saturated heterocycles. The molecule has 1 fully saturated rings. The van der Waals surface area contributed by atoms with E-state index in [9.17, 15) is 16.8 Å². The van der Waals surface area contributed by atoms with Crippen LogP contribution in [0.15, 0.2) is 29.2 Å². The smallest absolute Gasteiger partial charge is 0.213 e. The molecule has 1 aliphatic rings. The van der Waals surface area contributed by atoms with Crippen LogP contribution in [0.4, 0.5) is 0 Å². The molecule has 0 radical (unpaired) electrons. The first-order chi connectivity index (χ1) is 10.7. The van der Waals surface area contributed by atoms with Crippen molar-refractivity contribution < 1.29 is 16.8 Å². The molecule has 1 aliphatic heterocycles. The Morgan fingerprint density at radius 1 is 0.957 bits per heavy atom. The fourth-order valence-corrected chi connectivity index (χ4v) is 4.84. The molecule has 8 heteroatoms. The van der Waals surface area contributed by atoms with Gasteiger partial charge in [0.2, 0.25) is 20.0 Å². The molecule has 1 aromatic carbocycles. The van der Waals surface area contributed by atoms with Crippen LogP contribution in [0.25, 0.3) is 0 Å². The molecular weight excluding hydrogens is 336 g/mol. The van der Waals surface area contributed by atoms with Crippen molar-refractivity contribution in [3.63, 3.8) is 0 Å². The van der Waals surface area contributed by atoms with Gasteiger partial charge in [-0.15, -0.1) is 0 Å². The highest BCUT2D eigenvalue weighted by Gasteiger charge is 2.31. The van der Waals surface area contributed by atoms with Crippen molar-refractivity contribution in [3.8, 4) is 0 Å². The van der Waals surface area contributed by atoms with Crippen LogP contribution in [0.5, 0.6) is 0 Å². The van der Waals surface area contributed by atoms with E-state index in [1.165, 1.54) is 8.61 Å². The first-order valence-electron chi connectivity index (χ1n) is 7.71. The average Bonchev–Trinajstić information content (AvgIpc) is 2.53. The normalized spacial score (nSPS) is 19.6. The van der Waals surface area contributed by atoms with Gasteiger partial charge in [-0.2, -0.15) is 8.61 Å². The summed E-state index contributed by atoms with van der Waals surface area (Å²) in [6.07, 6.45) is 2.14. The largest absolute Gasteiger partial charge is 0.243 e. The van der Waals surface area contributed by atoms with Crippen LogP contribution in [0, 0.1) is 0 Å². The second-order valence-corrected chi connectivity index (χ2v) is 9.86. The molecule has 0 amide bonds. The van der Waals surface area contributed by atoms with E-state index in [-0.39, 0.29) is 31.1 Å². The maximum atomic E-state index is 12.7. The molecule has 0 aliphatic carbocycles. The molecule has 1 aromatic rings. The first-order valence-corrected chi connectivity index (χ1v) is 11.0. The molecule has 6 nitrogen and oxygen atoms in total. The van der Waals surface area contributed by atoms with Crippen LogP contribution in [-0.4, -0.2) is 57.9 Å². The number of hydrogen-bond acceptors (Lipinski definition) is 4. The fraction of sp³-hybridized carbons (Fsp3) is 0.600. The number of piperazine rings is 1. The zero-order valence-corrected chi connectivity index (χ0v) is 15.4. The second-order valence-electron chi connectivity index (χ2n) is 5.94. The van der Waals surface area contributed by atoms with Crippen molar-refractivity contribution in [2.45, 2.75) is 31.1 Å². The Balaban J connectivity index is 2.14. The third-order valence-corrected chi connectivity index (χ3v) is 7.58. The van der Waals surface area contributed by atoms with Crippen LogP contribution >= 0.6 is 0 Å². The van der Waals surface area contributed by atoms with E-state index < -0.39 is 20.0 Å². The number of rotatable bonds is 5. The zero-order valence-electron chi connectivity index (χ0n) is 13.8. The number of benzene rings is 1. The third kappa shape index (κ3) is 4.12. The summed E-state index contributed by atoms with van der Waals surface area (Å²) in [5, 5.41) is 0. The minimum Gasteiger partial charge on any atom is -0.213 e. The molecule has 1 atom stereocenters. The Bertz CT molecular complexity index is 734. The summed E-state index contributed by atoms with van der Waals surface area (Å²) in [5.74, 6) is 0.394. The molecule has 0 saturated carbocycles. The van der Waals surface area contributed by atoms with Gasteiger partial charge in [-0.05, 0) is 30.0 Å². The molecule has 1 unspecified atom stereocenters. The minimum absolute atomic E-state index is 0.183. The van der Waals surface area contributed by atoms with Crippen LogP contribution < -0.4 is 0 Å². The van der Waals surface area contributed by atoms with Crippen LogP contribution in [-0.2, 0) is 20.0 Å². The van der Waals surface area contributed by atoms with Crippen LogP contribution in [0.2, 0.25) is 0 Å². The van der Waals surface area contributed by atoms with Crippen molar-refractivity contribution in [1.82, 2.24) is 8.61 Å². The highest BCUT2D eigenvalue weighted by atomic mass is 32.2. The molecule has 0 aromatic heterocycles. The van der Waals surface area contributed by atoms with Crippen molar-refractivity contribution in [2.24, 2.45) is 0 Å². The maximum absolute atomic E-state index is 12.7. The van der Waals surface area contributed by atoms with Crippen LogP contribution in [0.1, 0.15) is 31.7 Å². The summed E-state index contributed by atoms with van der Waals surface area (Å²) in [6.45, 7) is 4.96. The molecule has 23 heavy (non-hydrogen) atoms.